The van der Waals surface area contributed by atoms with E-state index in [-0.39, 0.29) is 35.5 Å². The van der Waals surface area contributed by atoms with Crippen molar-refractivity contribution in [2.45, 2.75) is 32.6 Å². The van der Waals surface area contributed by atoms with Gasteiger partial charge >= 0.3 is 0 Å². The molecular formula is C21H21NO2. The van der Waals surface area contributed by atoms with Crippen molar-refractivity contribution in [3.63, 3.8) is 0 Å². The Hall–Kier alpha value is -2.16. The van der Waals surface area contributed by atoms with Crippen molar-refractivity contribution in [2.75, 3.05) is 4.90 Å². The second-order valence-corrected chi connectivity index (χ2v) is 7.55. The molecule has 2 saturated carbocycles. The first kappa shape index (κ1) is 14.2. The molecule has 2 bridgehead atoms. The number of benzene rings is 1. The average molecular weight is 319 g/mol. The minimum atomic E-state index is -0.171. The van der Waals surface area contributed by atoms with Gasteiger partial charge in [-0.05, 0) is 44.2 Å². The molecule has 5 rings (SSSR count). The zero-order valence-corrected chi connectivity index (χ0v) is 13.9. The van der Waals surface area contributed by atoms with E-state index in [0.29, 0.717) is 0 Å². The Kier molecular flexibility index (Phi) is 2.91. The lowest BCUT2D eigenvalue weighted by Crippen LogP contribution is -2.33. The summed E-state index contributed by atoms with van der Waals surface area (Å²) in [6.07, 6.45) is 9.22. The lowest BCUT2D eigenvalue weighted by Gasteiger charge is -2.21. The van der Waals surface area contributed by atoms with Gasteiger partial charge < -0.3 is 0 Å². The zero-order valence-electron chi connectivity index (χ0n) is 13.9. The van der Waals surface area contributed by atoms with Crippen LogP contribution < -0.4 is 4.90 Å². The molecule has 0 spiro atoms. The number of fused-ring (bicyclic) bond motifs is 5. The SMILES string of the molecule is Cc1ccccc1N1C(=O)[C@@H]2[C@@H](C1=O)[C@H]1C=C[C@@H]2C1=C1CCCC1. The van der Waals surface area contributed by atoms with Gasteiger partial charge in [0, 0.05) is 11.8 Å². The van der Waals surface area contributed by atoms with E-state index in [0.717, 1.165) is 24.1 Å². The smallest absolute Gasteiger partial charge is 0.238 e. The summed E-state index contributed by atoms with van der Waals surface area (Å²) >= 11 is 0. The number of aryl methyl sites for hydroxylation is 1. The first-order valence-electron chi connectivity index (χ1n) is 9.02. The van der Waals surface area contributed by atoms with Gasteiger partial charge in [0.15, 0.2) is 0 Å². The van der Waals surface area contributed by atoms with E-state index < -0.39 is 0 Å². The highest BCUT2D eigenvalue weighted by atomic mass is 16.2. The Morgan fingerprint density at radius 1 is 0.917 bits per heavy atom. The van der Waals surface area contributed by atoms with E-state index in [4.69, 9.17) is 0 Å². The zero-order chi connectivity index (χ0) is 16.4. The van der Waals surface area contributed by atoms with Gasteiger partial charge in [-0.25, -0.2) is 4.90 Å². The minimum absolute atomic E-state index is 0.00671. The average Bonchev–Trinajstić information content (AvgIpc) is 3.32. The number of para-hydroxylation sites is 1. The fraction of sp³-hybridized carbons (Fsp3) is 0.429. The minimum Gasteiger partial charge on any atom is -0.274 e. The van der Waals surface area contributed by atoms with Gasteiger partial charge in [-0.3, -0.25) is 9.59 Å². The number of allylic oxidation sites excluding steroid dienone is 4. The summed E-state index contributed by atoms with van der Waals surface area (Å²) in [5, 5.41) is 0. The number of nitrogens with zero attached hydrogens (tertiary/aromatic N) is 1. The summed E-state index contributed by atoms with van der Waals surface area (Å²) in [6.45, 7) is 1.96. The maximum Gasteiger partial charge on any atom is 0.238 e. The highest BCUT2D eigenvalue weighted by Crippen LogP contribution is 2.58. The lowest BCUT2D eigenvalue weighted by molar-refractivity contribution is -0.122. The van der Waals surface area contributed by atoms with Gasteiger partial charge in [-0.1, -0.05) is 41.5 Å². The van der Waals surface area contributed by atoms with E-state index in [1.165, 1.54) is 28.9 Å². The molecule has 3 heteroatoms. The molecule has 0 aromatic heterocycles. The summed E-state index contributed by atoms with van der Waals surface area (Å²) in [7, 11) is 0. The van der Waals surface area contributed by atoms with Crippen LogP contribution in [0.4, 0.5) is 5.69 Å². The van der Waals surface area contributed by atoms with Gasteiger partial charge in [-0.2, -0.15) is 0 Å². The quantitative estimate of drug-likeness (QED) is 0.583. The number of carbonyl (C=O) groups is 2. The molecule has 3 fully saturated rings. The highest BCUT2D eigenvalue weighted by molar-refractivity contribution is 6.23. The highest BCUT2D eigenvalue weighted by Gasteiger charge is 2.62. The summed E-state index contributed by atoms with van der Waals surface area (Å²) < 4.78 is 0. The number of carbonyl (C=O) groups excluding carboxylic acids is 2. The van der Waals surface area contributed by atoms with Crippen LogP contribution in [0.2, 0.25) is 0 Å². The summed E-state index contributed by atoms with van der Waals surface area (Å²) in [6, 6.07) is 7.69. The van der Waals surface area contributed by atoms with E-state index in [9.17, 15) is 9.59 Å². The largest absolute Gasteiger partial charge is 0.274 e. The lowest BCUT2D eigenvalue weighted by atomic mass is 9.85. The van der Waals surface area contributed by atoms with Gasteiger partial charge in [0.05, 0.1) is 17.5 Å². The molecule has 3 nitrogen and oxygen atoms in total. The molecule has 4 atom stereocenters. The normalized spacial score (nSPS) is 34.0. The van der Waals surface area contributed by atoms with E-state index in [1.54, 1.807) is 0 Å². The number of hydrogen-bond acceptors (Lipinski definition) is 2. The van der Waals surface area contributed by atoms with Crippen molar-refractivity contribution < 1.29 is 9.59 Å². The Bertz CT molecular complexity index is 777. The molecule has 2 amide bonds. The second-order valence-electron chi connectivity index (χ2n) is 7.55. The van der Waals surface area contributed by atoms with E-state index in [1.807, 2.05) is 31.2 Å². The molecule has 1 saturated heterocycles. The number of anilines is 1. The predicted octanol–water partition coefficient (Wildman–Crippen LogP) is 3.79. The Morgan fingerprint density at radius 2 is 1.50 bits per heavy atom. The molecule has 1 heterocycles. The Balaban J connectivity index is 1.57. The topological polar surface area (TPSA) is 37.4 Å². The van der Waals surface area contributed by atoms with Crippen molar-refractivity contribution in [2.24, 2.45) is 23.7 Å². The standard InChI is InChI=1S/C21H21NO2/c1-12-6-2-5-9-16(12)22-20(23)18-14-10-11-15(19(18)21(22)24)17(14)13-7-3-4-8-13/h2,5-6,9-11,14-15,18-19H,3-4,7-8H2,1H3/t14-,15+,18-,19-/m0/s1. The van der Waals surface area contributed by atoms with Crippen molar-refractivity contribution in [1.82, 2.24) is 0 Å². The monoisotopic (exact) mass is 319 g/mol. The predicted molar refractivity (Wildman–Crippen MR) is 92.3 cm³/mol. The van der Waals surface area contributed by atoms with Crippen LogP contribution in [0.15, 0.2) is 47.6 Å². The third-order valence-corrected chi connectivity index (χ3v) is 6.39. The van der Waals surface area contributed by atoms with E-state index >= 15 is 0 Å². The van der Waals surface area contributed by atoms with Crippen LogP contribution in [0.3, 0.4) is 0 Å². The summed E-state index contributed by atoms with van der Waals surface area (Å²) in [4.78, 5) is 27.8. The van der Waals surface area contributed by atoms with Crippen LogP contribution in [0.1, 0.15) is 31.2 Å². The Morgan fingerprint density at radius 3 is 2.08 bits per heavy atom. The molecule has 24 heavy (non-hydrogen) atoms. The van der Waals surface area contributed by atoms with Crippen LogP contribution in [0, 0.1) is 30.6 Å². The van der Waals surface area contributed by atoms with Gasteiger partial charge in [0.2, 0.25) is 11.8 Å². The number of amides is 2. The van der Waals surface area contributed by atoms with Gasteiger partial charge in [0.25, 0.3) is 0 Å². The number of hydrogen-bond donors (Lipinski definition) is 0. The fourth-order valence-electron chi connectivity index (χ4n) is 5.38. The second kappa shape index (κ2) is 4.92. The maximum atomic E-state index is 13.1. The summed E-state index contributed by atoms with van der Waals surface area (Å²) in [5.41, 5.74) is 4.70. The molecule has 0 unspecified atom stereocenters. The van der Waals surface area contributed by atoms with Gasteiger partial charge in [-0.15, -0.1) is 0 Å². The van der Waals surface area contributed by atoms with Crippen LogP contribution in [-0.2, 0) is 9.59 Å². The van der Waals surface area contributed by atoms with Crippen molar-refractivity contribution in [3.8, 4) is 0 Å². The van der Waals surface area contributed by atoms with Crippen LogP contribution in [0.5, 0.6) is 0 Å². The van der Waals surface area contributed by atoms with E-state index in [2.05, 4.69) is 12.2 Å². The van der Waals surface area contributed by atoms with Gasteiger partial charge in [0.1, 0.15) is 0 Å². The molecule has 0 N–H and O–H groups in total. The molecule has 1 aromatic carbocycles. The molecular weight excluding hydrogens is 298 g/mol. The molecule has 3 aliphatic carbocycles. The van der Waals surface area contributed by atoms with Crippen LogP contribution in [-0.4, -0.2) is 11.8 Å². The third kappa shape index (κ3) is 1.68. The first-order chi connectivity index (χ1) is 11.7. The number of rotatable bonds is 1. The molecule has 0 radical (unpaired) electrons. The molecule has 1 aromatic rings. The van der Waals surface area contributed by atoms with Crippen molar-refractivity contribution in [1.29, 1.82) is 0 Å². The van der Waals surface area contributed by atoms with Crippen LogP contribution >= 0.6 is 0 Å². The third-order valence-electron chi connectivity index (χ3n) is 6.39. The molecule has 1 aliphatic heterocycles. The first-order valence-corrected chi connectivity index (χ1v) is 9.02. The molecule has 122 valence electrons. The Labute approximate surface area is 142 Å². The summed E-state index contributed by atoms with van der Waals surface area (Å²) in [5.74, 6) is 0.00189. The van der Waals surface area contributed by atoms with Crippen molar-refractivity contribution >= 4 is 17.5 Å². The van der Waals surface area contributed by atoms with Crippen LogP contribution in [0.25, 0.3) is 0 Å². The maximum absolute atomic E-state index is 13.1. The number of imide groups is 1. The molecule has 4 aliphatic rings. The van der Waals surface area contributed by atoms with Crippen molar-refractivity contribution in [3.05, 3.63) is 53.1 Å². The fourth-order valence-corrected chi connectivity index (χ4v) is 5.38.